The normalized spacial score (nSPS) is 23.8. The third-order valence-electron chi connectivity index (χ3n) is 5.30. The van der Waals surface area contributed by atoms with Crippen molar-refractivity contribution >= 4 is 17.7 Å². The van der Waals surface area contributed by atoms with Crippen LogP contribution in [0, 0.1) is 5.92 Å². The van der Waals surface area contributed by atoms with Gasteiger partial charge in [0.1, 0.15) is 5.76 Å². The molecule has 7 nitrogen and oxygen atoms in total. The van der Waals surface area contributed by atoms with E-state index in [1.165, 1.54) is 9.80 Å². The lowest BCUT2D eigenvalue weighted by molar-refractivity contribution is 0.0827. The number of carbonyl (C=O) groups is 2. The highest BCUT2D eigenvalue weighted by atomic mass is 16.4. The number of carbonyl (C=O) groups excluding carboxylic acids is 1. The monoisotopic (exact) mass is 355 g/mol. The summed E-state index contributed by atoms with van der Waals surface area (Å²) in [6.07, 6.45) is 1.43. The van der Waals surface area contributed by atoms with E-state index in [0.29, 0.717) is 12.1 Å². The Hall–Kier alpha value is -2.96. The third kappa shape index (κ3) is 2.51. The van der Waals surface area contributed by atoms with E-state index in [9.17, 15) is 14.7 Å². The zero-order valence-corrected chi connectivity index (χ0v) is 14.7. The van der Waals surface area contributed by atoms with Crippen molar-refractivity contribution in [3.05, 3.63) is 53.5 Å². The minimum absolute atomic E-state index is 0.0504. The van der Waals surface area contributed by atoms with E-state index >= 15 is 0 Å². The Morgan fingerprint density at radius 3 is 2.77 bits per heavy atom. The van der Waals surface area contributed by atoms with Crippen molar-refractivity contribution in [2.45, 2.75) is 18.5 Å². The Kier molecular flexibility index (Phi) is 3.86. The molecular formula is C19H21N3O4. The Morgan fingerprint density at radius 2 is 2.12 bits per heavy atom. The van der Waals surface area contributed by atoms with E-state index in [1.54, 1.807) is 26.4 Å². The number of amides is 2. The van der Waals surface area contributed by atoms with Gasteiger partial charge in [0.2, 0.25) is 0 Å². The first kappa shape index (κ1) is 16.5. The number of likely N-dealkylation sites (tertiary alicyclic amines) is 1. The average Bonchev–Trinajstić information content (AvgIpc) is 3.29. The molecule has 0 saturated carbocycles. The molecule has 3 heterocycles. The molecule has 1 aromatic heterocycles. The zero-order chi connectivity index (χ0) is 18.4. The van der Waals surface area contributed by atoms with Gasteiger partial charge in [0, 0.05) is 37.8 Å². The van der Waals surface area contributed by atoms with Crippen LogP contribution in [0.5, 0.6) is 0 Å². The standard InChI is InChI=1S/C19H21N3O4/c1-21(2)18(23)11-5-6-14-13(10-11)17-12(7-8-22(17)19(24)25)16(20-14)15-4-3-9-26-15/h3-6,9-10,12,16-17,20H,7-8H2,1-2H3,(H,24,25). The van der Waals surface area contributed by atoms with Crippen LogP contribution in [-0.2, 0) is 0 Å². The van der Waals surface area contributed by atoms with Crippen LogP contribution in [0.4, 0.5) is 10.5 Å². The summed E-state index contributed by atoms with van der Waals surface area (Å²) in [6, 6.07) is 8.81. The summed E-state index contributed by atoms with van der Waals surface area (Å²) in [5.41, 5.74) is 2.25. The molecule has 2 aliphatic rings. The van der Waals surface area contributed by atoms with Crippen LogP contribution in [0.25, 0.3) is 0 Å². The summed E-state index contributed by atoms with van der Waals surface area (Å²) < 4.78 is 5.60. The van der Waals surface area contributed by atoms with Gasteiger partial charge in [0.15, 0.2) is 0 Å². The van der Waals surface area contributed by atoms with Gasteiger partial charge in [-0.3, -0.25) is 4.79 Å². The first-order valence-electron chi connectivity index (χ1n) is 8.62. The lowest BCUT2D eigenvalue weighted by atomic mass is 9.81. The SMILES string of the molecule is CN(C)C(=O)c1ccc2c(c1)C1C(CCN1C(=O)O)C(c1ccco1)N2. The number of rotatable bonds is 2. The summed E-state index contributed by atoms with van der Waals surface area (Å²) in [6.45, 7) is 0.467. The van der Waals surface area contributed by atoms with Crippen molar-refractivity contribution < 1.29 is 19.1 Å². The predicted molar refractivity (Wildman–Crippen MR) is 95.1 cm³/mol. The Labute approximate surface area is 151 Å². The van der Waals surface area contributed by atoms with Crippen molar-refractivity contribution in [3.8, 4) is 0 Å². The Bertz CT molecular complexity index is 846. The number of anilines is 1. The molecule has 2 aromatic rings. The molecule has 0 bridgehead atoms. The Morgan fingerprint density at radius 1 is 1.31 bits per heavy atom. The lowest BCUT2D eigenvalue weighted by Gasteiger charge is -2.38. The fourth-order valence-electron chi connectivity index (χ4n) is 4.13. The maximum atomic E-state index is 12.3. The summed E-state index contributed by atoms with van der Waals surface area (Å²) in [7, 11) is 3.41. The highest BCUT2D eigenvalue weighted by molar-refractivity contribution is 5.94. The van der Waals surface area contributed by atoms with Crippen LogP contribution >= 0.6 is 0 Å². The van der Waals surface area contributed by atoms with Crippen molar-refractivity contribution in [1.29, 1.82) is 0 Å². The maximum Gasteiger partial charge on any atom is 0.407 e. The number of nitrogens with zero attached hydrogens (tertiary/aromatic N) is 2. The molecule has 0 spiro atoms. The highest BCUT2D eigenvalue weighted by Crippen LogP contribution is 2.51. The number of fused-ring (bicyclic) bond motifs is 3. The number of hydrogen-bond donors (Lipinski definition) is 2. The lowest BCUT2D eigenvalue weighted by Crippen LogP contribution is -2.37. The van der Waals surface area contributed by atoms with Gasteiger partial charge >= 0.3 is 6.09 Å². The van der Waals surface area contributed by atoms with Crippen LogP contribution in [-0.4, -0.2) is 47.5 Å². The number of benzene rings is 1. The number of hydrogen-bond acceptors (Lipinski definition) is 4. The predicted octanol–water partition coefficient (Wildman–Crippen LogP) is 3.19. The van der Waals surface area contributed by atoms with Gasteiger partial charge in [0.05, 0.1) is 18.3 Å². The molecule has 0 radical (unpaired) electrons. The van der Waals surface area contributed by atoms with Gasteiger partial charge in [-0.1, -0.05) is 0 Å². The van der Waals surface area contributed by atoms with E-state index < -0.39 is 6.09 Å². The molecule has 2 aliphatic heterocycles. The fraction of sp³-hybridized carbons (Fsp3) is 0.368. The molecule has 3 unspecified atom stereocenters. The molecule has 3 atom stereocenters. The molecule has 0 aliphatic carbocycles. The van der Waals surface area contributed by atoms with Crippen LogP contribution in [0.1, 0.15) is 40.2 Å². The summed E-state index contributed by atoms with van der Waals surface area (Å²) in [5, 5.41) is 13.2. The van der Waals surface area contributed by atoms with Crippen LogP contribution in [0.3, 0.4) is 0 Å². The van der Waals surface area contributed by atoms with Gasteiger partial charge in [-0.15, -0.1) is 0 Å². The van der Waals surface area contributed by atoms with Gasteiger partial charge in [0.25, 0.3) is 5.91 Å². The zero-order valence-electron chi connectivity index (χ0n) is 14.7. The molecule has 7 heteroatoms. The first-order chi connectivity index (χ1) is 12.5. The van der Waals surface area contributed by atoms with E-state index in [-0.39, 0.29) is 23.9 Å². The topological polar surface area (TPSA) is 86.0 Å². The van der Waals surface area contributed by atoms with Gasteiger partial charge in [-0.25, -0.2) is 4.79 Å². The molecule has 1 saturated heterocycles. The van der Waals surface area contributed by atoms with E-state index in [0.717, 1.165) is 23.4 Å². The molecule has 2 amide bonds. The number of furan rings is 1. The van der Waals surface area contributed by atoms with Gasteiger partial charge in [-0.2, -0.15) is 0 Å². The van der Waals surface area contributed by atoms with Crippen LogP contribution < -0.4 is 5.32 Å². The number of carboxylic acid groups (broad SMARTS) is 1. The van der Waals surface area contributed by atoms with Crippen molar-refractivity contribution in [2.75, 3.05) is 26.0 Å². The second-order valence-corrected chi connectivity index (χ2v) is 7.01. The van der Waals surface area contributed by atoms with Crippen LogP contribution in [0.2, 0.25) is 0 Å². The molecule has 4 rings (SSSR count). The quantitative estimate of drug-likeness (QED) is 0.864. The summed E-state index contributed by atoms with van der Waals surface area (Å²) in [4.78, 5) is 27.1. The number of nitrogens with one attached hydrogen (secondary N) is 1. The molecule has 136 valence electrons. The maximum absolute atomic E-state index is 12.3. The molecule has 1 aromatic carbocycles. The van der Waals surface area contributed by atoms with E-state index in [2.05, 4.69) is 5.32 Å². The van der Waals surface area contributed by atoms with Crippen molar-refractivity contribution in [3.63, 3.8) is 0 Å². The van der Waals surface area contributed by atoms with Crippen molar-refractivity contribution in [2.24, 2.45) is 5.92 Å². The fourth-order valence-corrected chi connectivity index (χ4v) is 4.13. The van der Waals surface area contributed by atoms with E-state index in [1.807, 2.05) is 24.3 Å². The minimum Gasteiger partial charge on any atom is -0.467 e. The van der Waals surface area contributed by atoms with Crippen LogP contribution in [0.15, 0.2) is 41.0 Å². The molecule has 1 fully saturated rings. The molecular weight excluding hydrogens is 334 g/mol. The molecule has 2 N–H and O–H groups in total. The second kappa shape index (κ2) is 6.09. The largest absolute Gasteiger partial charge is 0.467 e. The summed E-state index contributed by atoms with van der Waals surface area (Å²) in [5.74, 6) is 0.748. The second-order valence-electron chi connectivity index (χ2n) is 7.01. The first-order valence-corrected chi connectivity index (χ1v) is 8.62. The smallest absolute Gasteiger partial charge is 0.407 e. The molecule has 26 heavy (non-hydrogen) atoms. The van der Waals surface area contributed by atoms with Gasteiger partial charge in [-0.05, 0) is 42.3 Å². The van der Waals surface area contributed by atoms with Gasteiger partial charge < -0.3 is 24.6 Å². The summed E-state index contributed by atoms with van der Waals surface area (Å²) >= 11 is 0. The van der Waals surface area contributed by atoms with E-state index in [4.69, 9.17) is 4.42 Å². The highest BCUT2D eigenvalue weighted by Gasteiger charge is 2.47. The van der Waals surface area contributed by atoms with Crippen molar-refractivity contribution in [1.82, 2.24) is 9.80 Å². The average molecular weight is 355 g/mol. The third-order valence-corrected chi connectivity index (χ3v) is 5.30. The minimum atomic E-state index is -0.937. The Balaban J connectivity index is 1.81.